The van der Waals surface area contributed by atoms with E-state index in [1.54, 1.807) is 11.8 Å². The molecule has 0 saturated carbocycles. The highest BCUT2D eigenvalue weighted by atomic mass is 32.2. The summed E-state index contributed by atoms with van der Waals surface area (Å²) < 4.78 is 0. The summed E-state index contributed by atoms with van der Waals surface area (Å²) in [5.41, 5.74) is 0.962. The quantitative estimate of drug-likeness (QED) is 0.555. The van der Waals surface area contributed by atoms with Crippen LogP contribution in [-0.2, 0) is 0 Å². The van der Waals surface area contributed by atoms with E-state index in [0.717, 1.165) is 11.3 Å². The van der Waals surface area contributed by atoms with Crippen molar-refractivity contribution in [3.63, 3.8) is 0 Å². The van der Waals surface area contributed by atoms with Crippen molar-refractivity contribution >= 4 is 11.8 Å². The minimum atomic E-state index is 0.416. The Morgan fingerprint density at radius 3 is 3.27 bits per heavy atom. The number of thioether (sulfide) groups is 1. The first-order valence-electron chi connectivity index (χ1n) is 3.49. The molecule has 0 fully saturated rings. The summed E-state index contributed by atoms with van der Waals surface area (Å²) in [4.78, 5) is 1.17. The van der Waals surface area contributed by atoms with Crippen LogP contribution in [0.1, 0.15) is 0 Å². The van der Waals surface area contributed by atoms with Gasteiger partial charge in [-0.1, -0.05) is 0 Å². The molecule has 2 heteroatoms. The molecular formula is C9H8OS+2. The van der Waals surface area contributed by atoms with E-state index in [-0.39, 0.29) is 0 Å². The lowest BCUT2D eigenvalue weighted by atomic mass is 10.1. The first-order chi connectivity index (χ1) is 5.38. The highest BCUT2D eigenvalue weighted by Crippen LogP contribution is 2.35. The topological polar surface area (TPSA) is 20.2 Å². The molecule has 1 heterocycles. The van der Waals surface area contributed by atoms with E-state index in [4.69, 9.17) is 0 Å². The van der Waals surface area contributed by atoms with Gasteiger partial charge in [-0.15, -0.1) is 0 Å². The molecule has 0 radical (unpaired) electrons. The van der Waals surface area contributed by atoms with E-state index in [1.807, 2.05) is 31.1 Å². The second-order valence-electron chi connectivity index (χ2n) is 2.40. The first kappa shape index (κ1) is 6.80. The van der Waals surface area contributed by atoms with Crippen molar-refractivity contribution < 1.29 is 5.11 Å². The third-order valence-corrected chi connectivity index (χ3v) is 2.68. The van der Waals surface area contributed by atoms with Gasteiger partial charge in [0.1, 0.15) is 18.2 Å². The van der Waals surface area contributed by atoms with Crippen LogP contribution in [0.5, 0.6) is 0 Å². The molecule has 0 aromatic rings. The van der Waals surface area contributed by atoms with Gasteiger partial charge in [0.2, 0.25) is 4.91 Å². The van der Waals surface area contributed by atoms with Crippen molar-refractivity contribution in [2.45, 2.75) is 0 Å². The monoisotopic (exact) mass is 164 g/mol. The molecule has 0 saturated heterocycles. The van der Waals surface area contributed by atoms with Gasteiger partial charge in [0, 0.05) is 6.42 Å². The second-order valence-corrected chi connectivity index (χ2v) is 3.46. The van der Waals surface area contributed by atoms with Crippen LogP contribution in [0.3, 0.4) is 0 Å². The molecule has 0 bridgehead atoms. The van der Waals surface area contributed by atoms with Gasteiger partial charge in [-0.05, 0) is 11.8 Å². The average molecular weight is 164 g/mol. The molecule has 11 heavy (non-hydrogen) atoms. The largest absolute Gasteiger partial charge is 0.475 e. The van der Waals surface area contributed by atoms with E-state index < -0.39 is 0 Å². The third kappa shape index (κ3) is 1.14. The number of aliphatic hydroxyl groups excluding tert-OH is 1. The Bertz CT molecular complexity index is 261. The zero-order valence-electron chi connectivity index (χ0n) is 5.95. The summed E-state index contributed by atoms with van der Waals surface area (Å²) in [6, 6.07) is 0. The van der Waals surface area contributed by atoms with Crippen LogP contribution in [0, 0.1) is 12.8 Å². The molecule has 1 aliphatic heterocycles. The lowest BCUT2D eigenvalue weighted by Gasteiger charge is -2.02. The predicted molar refractivity (Wildman–Crippen MR) is 47.9 cm³/mol. The smallest absolute Gasteiger partial charge is 0.316 e. The summed E-state index contributed by atoms with van der Waals surface area (Å²) in [7, 11) is 0. The summed E-state index contributed by atoms with van der Waals surface area (Å²) in [6.45, 7) is 0. The summed E-state index contributed by atoms with van der Waals surface area (Å²) >= 11 is 1.76. The molecule has 0 atom stereocenters. The van der Waals surface area contributed by atoms with Crippen molar-refractivity contribution in [2.75, 3.05) is 5.75 Å². The van der Waals surface area contributed by atoms with Crippen molar-refractivity contribution in [3.8, 4) is 0 Å². The first-order valence-corrected chi connectivity index (χ1v) is 4.48. The lowest BCUT2D eigenvalue weighted by molar-refractivity contribution is 0.417. The van der Waals surface area contributed by atoms with Crippen LogP contribution in [0.25, 0.3) is 0 Å². The maximum absolute atomic E-state index is 9.41. The van der Waals surface area contributed by atoms with Crippen molar-refractivity contribution in [1.29, 1.82) is 0 Å². The van der Waals surface area contributed by atoms with Gasteiger partial charge >= 0.3 is 5.76 Å². The maximum Gasteiger partial charge on any atom is 0.316 e. The molecule has 54 valence electrons. The Labute approximate surface area is 70.5 Å². The van der Waals surface area contributed by atoms with Crippen LogP contribution in [0.15, 0.2) is 34.5 Å². The molecule has 0 unspecified atom stereocenters. The Balaban J connectivity index is 2.41. The van der Waals surface area contributed by atoms with Crippen LogP contribution in [0.4, 0.5) is 0 Å². The summed E-state index contributed by atoms with van der Waals surface area (Å²) in [6.07, 6.45) is 9.74. The minimum absolute atomic E-state index is 0.416. The highest BCUT2D eigenvalue weighted by molar-refractivity contribution is 8.03. The van der Waals surface area contributed by atoms with Crippen LogP contribution in [0.2, 0.25) is 0 Å². The number of aliphatic hydroxyl groups is 1. The van der Waals surface area contributed by atoms with Crippen molar-refractivity contribution in [1.82, 2.24) is 0 Å². The third-order valence-electron chi connectivity index (χ3n) is 1.68. The van der Waals surface area contributed by atoms with Crippen molar-refractivity contribution in [3.05, 3.63) is 47.3 Å². The standard InChI is InChI=1S/C9H7OS/c10-8-5-6-11-9-4-2-1-3-7(8)9/h1-5H,6H2/q+1/p+1. The van der Waals surface area contributed by atoms with Gasteiger partial charge < -0.3 is 5.11 Å². The van der Waals surface area contributed by atoms with E-state index in [9.17, 15) is 5.11 Å². The zero-order chi connectivity index (χ0) is 7.68. The molecule has 0 aromatic heterocycles. The SMILES string of the molecule is OC1=C2C=C[CH+]C=C2SC[CH+]1. The number of hydrogen-bond donors (Lipinski definition) is 1. The molecule has 2 aliphatic rings. The fraction of sp³-hybridized carbons (Fsp3) is 0.111. The van der Waals surface area contributed by atoms with E-state index in [1.165, 1.54) is 4.91 Å². The minimum Gasteiger partial charge on any atom is -0.475 e. The Hall–Kier alpha value is -0.890. The lowest BCUT2D eigenvalue weighted by Crippen LogP contribution is -2.02. The van der Waals surface area contributed by atoms with Crippen LogP contribution >= 0.6 is 11.8 Å². The van der Waals surface area contributed by atoms with E-state index >= 15 is 0 Å². The Morgan fingerprint density at radius 2 is 2.45 bits per heavy atom. The number of allylic oxidation sites excluding steroid dienone is 5. The van der Waals surface area contributed by atoms with Gasteiger partial charge in [0.05, 0.1) is 12.2 Å². The van der Waals surface area contributed by atoms with E-state index in [0.29, 0.717) is 5.76 Å². The van der Waals surface area contributed by atoms with Gasteiger partial charge in [-0.2, -0.15) is 0 Å². The second kappa shape index (κ2) is 2.62. The summed E-state index contributed by atoms with van der Waals surface area (Å²) in [5.74, 6) is 1.29. The number of hydrogen-bond acceptors (Lipinski definition) is 2. The molecule has 1 aliphatic carbocycles. The van der Waals surface area contributed by atoms with Crippen molar-refractivity contribution in [2.24, 2.45) is 0 Å². The highest BCUT2D eigenvalue weighted by Gasteiger charge is 2.33. The number of fused-ring (bicyclic) bond motifs is 1. The van der Waals surface area contributed by atoms with Crippen LogP contribution in [-0.4, -0.2) is 10.9 Å². The Morgan fingerprint density at radius 1 is 1.55 bits per heavy atom. The van der Waals surface area contributed by atoms with E-state index in [2.05, 4.69) is 0 Å². The van der Waals surface area contributed by atoms with Gasteiger partial charge in [-0.3, -0.25) is 0 Å². The zero-order valence-corrected chi connectivity index (χ0v) is 6.77. The molecule has 0 spiro atoms. The number of rotatable bonds is 0. The maximum atomic E-state index is 9.41. The molecule has 0 amide bonds. The molecule has 2 rings (SSSR count). The van der Waals surface area contributed by atoms with Crippen LogP contribution < -0.4 is 0 Å². The van der Waals surface area contributed by atoms with Gasteiger partial charge in [0.15, 0.2) is 0 Å². The molecule has 1 N–H and O–H groups in total. The average Bonchev–Trinajstić information content (AvgIpc) is 2.06. The molecular weight excluding hydrogens is 156 g/mol. The molecule has 1 nitrogen and oxygen atoms in total. The fourth-order valence-electron chi connectivity index (χ4n) is 1.12. The molecule has 0 aromatic carbocycles. The Kier molecular flexibility index (Phi) is 1.62. The fourth-order valence-corrected chi connectivity index (χ4v) is 2.05. The van der Waals surface area contributed by atoms with Gasteiger partial charge in [-0.25, -0.2) is 0 Å². The predicted octanol–water partition coefficient (Wildman–Crippen LogP) is 2.41. The normalized spacial score (nSPS) is 21.6. The van der Waals surface area contributed by atoms with Gasteiger partial charge in [0.25, 0.3) is 5.57 Å². The summed E-state index contributed by atoms with van der Waals surface area (Å²) in [5, 5.41) is 9.41.